The summed E-state index contributed by atoms with van der Waals surface area (Å²) in [6.07, 6.45) is 6.78. The number of nitrogens with zero attached hydrogens (tertiary/aromatic N) is 1. The molecule has 1 unspecified atom stereocenters. The molecule has 1 aromatic rings. The Morgan fingerprint density at radius 1 is 1.81 bits per heavy atom. The molecule has 0 aliphatic rings. The average Bonchev–Trinajstić information content (AvgIpc) is 2.65. The molecule has 16 heavy (non-hydrogen) atoms. The number of hydrogen-bond donors (Lipinski definition) is 3. The molecule has 0 saturated carbocycles. The van der Waals surface area contributed by atoms with Gasteiger partial charge in [0.25, 0.3) is 0 Å². The van der Waals surface area contributed by atoms with Crippen LogP contribution in [0.1, 0.15) is 31.3 Å². The van der Waals surface area contributed by atoms with E-state index in [-0.39, 0.29) is 6.42 Å². The first-order valence-electron chi connectivity index (χ1n) is 4.93. The second-order valence-corrected chi connectivity index (χ2v) is 4.04. The van der Waals surface area contributed by atoms with Crippen LogP contribution < -0.4 is 5.73 Å². The number of nitrogens with one attached hydrogen (secondary N) is 1. The topological polar surface area (TPSA) is 92.0 Å². The quantitative estimate of drug-likeness (QED) is 0.645. The molecular weight excluding hydrogens is 206 g/mol. The van der Waals surface area contributed by atoms with Gasteiger partial charge in [0.2, 0.25) is 0 Å². The van der Waals surface area contributed by atoms with Crippen molar-refractivity contribution in [1.29, 1.82) is 0 Å². The van der Waals surface area contributed by atoms with Gasteiger partial charge in [-0.2, -0.15) is 0 Å². The van der Waals surface area contributed by atoms with Crippen LogP contribution in [0.15, 0.2) is 6.20 Å². The standard InChI is InChI=1S/C11H15N3O2/c1-4-11(12,10(15)16)5-9-13-6-8(14-9)7(2)3/h1,6-7H,5,12H2,2-3H3,(H,13,14)(H,15,16). The van der Waals surface area contributed by atoms with E-state index in [4.69, 9.17) is 17.3 Å². The fourth-order valence-electron chi connectivity index (χ4n) is 1.21. The zero-order valence-electron chi connectivity index (χ0n) is 9.32. The molecule has 1 atom stereocenters. The molecule has 0 amide bonds. The molecule has 4 N–H and O–H groups in total. The molecule has 0 aromatic carbocycles. The van der Waals surface area contributed by atoms with Gasteiger partial charge >= 0.3 is 5.97 Å². The smallest absolute Gasteiger partial charge is 0.336 e. The lowest BCUT2D eigenvalue weighted by Gasteiger charge is -2.16. The van der Waals surface area contributed by atoms with E-state index in [1.165, 1.54) is 0 Å². The first kappa shape index (κ1) is 12.3. The summed E-state index contributed by atoms with van der Waals surface area (Å²) in [6.45, 7) is 4.01. The molecule has 0 saturated heterocycles. The van der Waals surface area contributed by atoms with Gasteiger partial charge in [0, 0.05) is 18.3 Å². The van der Waals surface area contributed by atoms with Gasteiger partial charge in [0.1, 0.15) is 5.82 Å². The van der Waals surface area contributed by atoms with E-state index in [9.17, 15) is 4.79 Å². The number of carboxylic acids is 1. The minimum Gasteiger partial charge on any atom is -0.479 e. The van der Waals surface area contributed by atoms with E-state index < -0.39 is 11.5 Å². The summed E-state index contributed by atoms with van der Waals surface area (Å²) in [4.78, 5) is 18.0. The van der Waals surface area contributed by atoms with Crippen molar-refractivity contribution in [3.63, 3.8) is 0 Å². The highest BCUT2D eigenvalue weighted by atomic mass is 16.4. The third-order valence-electron chi connectivity index (χ3n) is 2.36. The van der Waals surface area contributed by atoms with Crippen molar-refractivity contribution >= 4 is 5.97 Å². The molecule has 5 heteroatoms. The van der Waals surface area contributed by atoms with Crippen LogP contribution in [0.3, 0.4) is 0 Å². The van der Waals surface area contributed by atoms with Crippen molar-refractivity contribution < 1.29 is 9.90 Å². The predicted molar refractivity (Wildman–Crippen MR) is 59.8 cm³/mol. The fourth-order valence-corrected chi connectivity index (χ4v) is 1.21. The summed E-state index contributed by atoms with van der Waals surface area (Å²) in [6, 6.07) is 0. The maximum absolute atomic E-state index is 10.9. The summed E-state index contributed by atoms with van der Waals surface area (Å²) >= 11 is 0. The van der Waals surface area contributed by atoms with Crippen LogP contribution >= 0.6 is 0 Å². The highest BCUT2D eigenvalue weighted by molar-refractivity contribution is 5.83. The third-order valence-corrected chi connectivity index (χ3v) is 2.36. The molecule has 1 aromatic heterocycles. The Labute approximate surface area is 94.1 Å². The van der Waals surface area contributed by atoms with Crippen LogP contribution in [-0.2, 0) is 11.2 Å². The average molecular weight is 221 g/mol. The van der Waals surface area contributed by atoms with E-state index in [1.807, 2.05) is 13.8 Å². The molecule has 86 valence electrons. The van der Waals surface area contributed by atoms with E-state index in [0.717, 1.165) is 5.69 Å². The number of carboxylic acid groups (broad SMARTS) is 1. The van der Waals surface area contributed by atoms with Gasteiger partial charge in [-0.1, -0.05) is 19.8 Å². The van der Waals surface area contributed by atoms with Gasteiger partial charge in [-0.25, -0.2) is 9.78 Å². The number of hydrogen-bond acceptors (Lipinski definition) is 3. The Hall–Kier alpha value is -1.80. The van der Waals surface area contributed by atoms with E-state index in [0.29, 0.717) is 11.7 Å². The summed E-state index contributed by atoms with van der Waals surface area (Å²) in [7, 11) is 0. The van der Waals surface area contributed by atoms with Gasteiger partial charge in [0.15, 0.2) is 5.54 Å². The SMILES string of the molecule is C#CC(N)(Cc1ncc(C(C)C)[nH]1)C(=O)O. The Kier molecular flexibility index (Phi) is 3.35. The molecule has 0 aliphatic heterocycles. The van der Waals surface area contributed by atoms with Crippen molar-refractivity contribution in [3.8, 4) is 12.3 Å². The van der Waals surface area contributed by atoms with Gasteiger partial charge in [-0.3, -0.25) is 0 Å². The zero-order chi connectivity index (χ0) is 12.3. The van der Waals surface area contributed by atoms with Crippen molar-refractivity contribution in [2.75, 3.05) is 0 Å². The maximum atomic E-state index is 10.9. The second kappa shape index (κ2) is 4.37. The van der Waals surface area contributed by atoms with Crippen LogP contribution in [0.5, 0.6) is 0 Å². The van der Waals surface area contributed by atoms with Crippen LogP contribution in [0.4, 0.5) is 0 Å². The van der Waals surface area contributed by atoms with Gasteiger partial charge in [-0.15, -0.1) is 6.42 Å². The molecule has 0 fully saturated rings. The molecule has 1 heterocycles. The first-order valence-corrected chi connectivity index (χ1v) is 4.93. The predicted octanol–water partition coefficient (Wildman–Crippen LogP) is 0.491. The Morgan fingerprint density at radius 3 is 2.81 bits per heavy atom. The van der Waals surface area contributed by atoms with Crippen LogP contribution in [0, 0.1) is 12.3 Å². The Bertz CT molecular complexity index is 431. The number of terminal acetylenes is 1. The van der Waals surface area contributed by atoms with E-state index in [1.54, 1.807) is 6.20 Å². The fraction of sp³-hybridized carbons (Fsp3) is 0.455. The highest BCUT2D eigenvalue weighted by Crippen LogP contribution is 2.14. The zero-order valence-corrected chi connectivity index (χ0v) is 9.32. The van der Waals surface area contributed by atoms with Crippen molar-refractivity contribution in [2.24, 2.45) is 5.73 Å². The summed E-state index contributed by atoms with van der Waals surface area (Å²) in [5.74, 6) is 1.65. The van der Waals surface area contributed by atoms with Crippen molar-refractivity contribution in [1.82, 2.24) is 9.97 Å². The first-order chi connectivity index (χ1) is 7.39. The van der Waals surface area contributed by atoms with Gasteiger partial charge in [0.05, 0.1) is 0 Å². The van der Waals surface area contributed by atoms with Gasteiger partial charge < -0.3 is 15.8 Å². The van der Waals surface area contributed by atoms with E-state index >= 15 is 0 Å². The lowest BCUT2D eigenvalue weighted by molar-refractivity contribution is -0.141. The summed E-state index contributed by atoms with van der Waals surface area (Å²) in [5.41, 5.74) is 4.79. The largest absolute Gasteiger partial charge is 0.479 e. The number of imidazole rings is 1. The number of aromatic nitrogens is 2. The number of nitrogens with two attached hydrogens (primary N) is 1. The molecule has 5 nitrogen and oxygen atoms in total. The molecule has 1 rings (SSSR count). The molecule has 0 aliphatic carbocycles. The number of aliphatic carboxylic acids is 1. The molecule has 0 radical (unpaired) electrons. The number of aromatic amines is 1. The minimum atomic E-state index is -1.70. The van der Waals surface area contributed by atoms with Gasteiger partial charge in [-0.05, 0) is 5.92 Å². The van der Waals surface area contributed by atoms with E-state index in [2.05, 4.69) is 15.9 Å². The lowest BCUT2D eigenvalue weighted by Crippen LogP contribution is -2.48. The minimum absolute atomic E-state index is 0.00838. The number of H-pyrrole nitrogens is 1. The monoisotopic (exact) mass is 221 g/mol. The Morgan fingerprint density at radius 2 is 2.44 bits per heavy atom. The number of rotatable bonds is 4. The maximum Gasteiger partial charge on any atom is 0.336 e. The van der Waals surface area contributed by atoms with Crippen LogP contribution in [0.25, 0.3) is 0 Å². The summed E-state index contributed by atoms with van der Waals surface area (Å²) < 4.78 is 0. The molecule has 0 bridgehead atoms. The van der Waals surface area contributed by atoms with Crippen LogP contribution in [0.2, 0.25) is 0 Å². The molecule has 0 spiro atoms. The lowest BCUT2D eigenvalue weighted by atomic mass is 9.98. The number of carbonyl (C=O) groups is 1. The normalized spacial score (nSPS) is 14.4. The van der Waals surface area contributed by atoms with Crippen molar-refractivity contribution in [2.45, 2.75) is 31.7 Å². The van der Waals surface area contributed by atoms with Crippen molar-refractivity contribution in [3.05, 3.63) is 17.7 Å². The Balaban J connectivity index is 2.88. The van der Waals surface area contributed by atoms with Crippen LogP contribution in [-0.4, -0.2) is 26.6 Å². The third kappa shape index (κ3) is 2.41. The highest BCUT2D eigenvalue weighted by Gasteiger charge is 2.33. The summed E-state index contributed by atoms with van der Waals surface area (Å²) in [5, 5.41) is 8.90. The second-order valence-electron chi connectivity index (χ2n) is 4.04. The molecular formula is C11H15N3O2.